The topological polar surface area (TPSA) is 55.1 Å². The van der Waals surface area contributed by atoms with Gasteiger partial charge in [0, 0.05) is 5.69 Å². The number of benzene rings is 1. The van der Waals surface area contributed by atoms with Crippen LogP contribution < -0.4 is 11.1 Å². The van der Waals surface area contributed by atoms with Gasteiger partial charge in [-0.15, -0.1) is 0 Å². The summed E-state index contributed by atoms with van der Waals surface area (Å²) in [6, 6.07) is 4.29. The zero-order chi connectivity index (χ0) is 13.1. The first kappa shape index (κ1) is 14.1. The lowest BCUT2D eigenvalue weighted by atomic mass is 9.96. The van der Waals surface area contributed by atoms with Crippen molar-refractivity contribution in [2.24, 2.45) is 5.73 Å². The van der Waals surface area contributed by atoms with E-state index in [9.17, 15) is 9.18 Å². The fourth-order valence-corrected chi connectivity index (χ4v) is 1.86. The molecule has 5 heteroatoms. The highest BCUT2D eigenvalue weighted by Gasteiger charge is 2.27. The highest BCUT2D eigenvalue weighted by atomic mass is 79.9. The zero-order valence-corrected chi connectivity index (χ0v) is 11.5. The molecule has 1 aromatic carbocycles. The standard InChI is InChI=1S/C12H16BrFN2O/c1-3-6-12(2,15)11(17)16-8-4-5-10(14)9(13)7-8/h4-5,7H,3,6,15H2,1-2H3,(H,16,17). The third kappa shape index (κ3) is 3.78. The van der Waals surface area contributed by atoms with Gasteiger partial charge < -0.3 is 11.1 Å². The average Bonchev–Trinajstić information content (AvgIpc) is 2.23. The molecule has 94 valence electrons. The van der Waals surface area contributed by atoms with Gasteiger partial charge in [-0.25, -0.2) is 4.39 Å². The number of hydrogen-bond acceptors (Lipinski definition) is 2. The Hall–Kier alpha value is -0.940. The molecule has 1 amide bonds. The quantitative estimate of drug-likeness (QED) is 0.898. The molecule has 1 unspecified atom stereocenters. The Kier molecular flexibility index (Phi) is 4.65. The van der Waals surface area contributed by atoms with Gasteiger partial charge in [-0.05, 0) is 47.5 Å². The second-order valence-corrected chi connectivity index (χ2v) is 5.10. The van der Waals surface area contributed by atoms with E-state index < -0.39 is 5.54 Å². The molecule has 0 spiro atoms. The van der Waals surface area contributed by atoms with Gasteiger partial charge in [-0.3, -0.25) is 4.79 Å². The van der Waals surface area contributed by atoms with Crippen LogP contribution in [0.5, 0.6) is 0 Å². The van der Waals surface area contributed by atoms with Gasteiger partial charge in [0.05, 0.1) is 10.0 Å². The number of hydrogen-bond donors (Lipinski definition) is 2. The van der Waals surface area contributed by atoms with E-state index in [1.807, 2.05) is 6.92 Å². The highest BCUT2D eigenvalue weighted by molar-refractivity contribution is 9.10. The van der Waals surface area contributed by atoms with Gasteiger partial charge in [0.1, 0.15) is 5.82 Å². The van der Waals surface area contributed by atoms with Crippen molar-refractivity contribution in [2.45, 2.75) is 32.2 Å². The molecule has 0 aliphatic heterocycles. The van der Waals surface area contributed by atoms with Crippen LogP contribution in [0.2, 0.25) is 0 Å². The Bertz CT molecular complexity index is 421. The number of halogens is 2. The molecule has 0 aliphatic rings. The Morgan fingerprint density at radius 2 is 2.24 bits per heavy atom. The summed E-state index contributed by atoms with van der Waals surface area (Å²) in [5.41, 5.74) is 5.51. The Morgan fingerprint density at radius 1 is 1.59 bits per heavy atom. The predicted octanol–water partition coefficient (Wildman–Crippen LogP) is 3.04. The minimum Gasteiger partial charge on any atom is -0.324 e. The maximum absolute atomic E-state index is 13.0. The summed E-state index contributed by atoms with van der Waals surface area (Å²) in [6.45, 7) is 3.65. The smallest absolute Gasteiger partial charge is 0.244 e. The van der Waals surface area contributed by atoms with Crippen LogP contribution in [0.4, 0.5) is 10.1 Å². The Balaban J connectivity index is 2.77. The molecular weight excluding hydrogens is 287 g/mol. The van der Waals surface area contributed by atoms with E-state index in [1.54, 1.807) is 6.92 Å². The van der Waals surface area contributed by atoms with Crippen molar-refractivity contribution in [3.63, 3.8) is 0 Å². The number of rotatable bonds is 4. The van der Waals surface area contributed by atoms with Crippen LogP contribution in [-0.4, -0.2) is 11.4 Å². The van der Waals surface area contributed by atoms with Gasteiger partial charge >= 0.3 is 0 Å². The normalized spacial score (nSPS) is 14.2. The van der Waals surface area contributed by atoms with Crippen LogP contribution in [0.3, 0.4) is 0 Å². The lowest BCUT2D eigenvalue weighted by Gasteiger charge is -2.22. The first-order valence-electron chi connectivity index (χ1n) is 5.42. The summed E-state index contributed by atoms with van der Waals surface area (Å²) < 4.78 is 13.3. The molecule has 0 bridgehead atoms. The van der Waals surface area contributed by atoms with E-state index in [0.29, 0.717) is 16.6 Å². The maximum Gasteiger partial charge on any atom is 0.244 e. The van der Waals surface area contributed by atoms with E-state index in [4.69, 9.17) is 5.73 Å². The summed E-state index contributed by atoms with van der Waals surface area (Å²) in [4.78, 5) is 11.9. The molecule has 0 aromatic heterocycles. The fraction of sp³-hybridized carbons (Fsp3) is 0.417. The third-order valence-electron chi connectivity index (χ3n) is 2.47. The minimum absolute atomic E-state index is 0.266. The monoisotopic (exact) mass is 302 g/mol. The summed E-state index contributed by atoms with van der Waals surface area (Å²) in [5.74, 6) is -0.634. The maximum atomic E-state index is 13.0. The molecule has 0 aliphatic carbocycles. The van der Waals surface area contributed by atoms with Crippen molar-refractivity contribution in [1.82, 2.24) is 0 Å². The molecule has 1 aromatic rings. The molecule has 0 fully saturated rings. The van der Waals surface area contributed by atoms with Gasteiger partial charge in [0.2, 0.25) is 5.91 Å². The van der Waals surface area contributed by atoms with Crippen molar-refractivity contribution in [2.75, 3.05) is 5.32 Å². The number of anilines is 1. The molecule has 0 saturated heterocycles. The lowest BCUT2D eigenvalue weighted by Crippen LogP contribution is -2.48. The molecule has 1 atom stereocenters. The van der Waals surface area contributed by atoms with Crippen molar-refractivity contribution < 1.29 is 9.18 Å². The van der Waals surface area contributed by atoms with Gasteiger partial charge in [-0.1, -0.05) is 13.3 Å². The van der Waals surface area contributed by atoms with Crippen LogP contribution in [0.15, 0.2) is 22.7 Å². The van der Waals surface area contributed by atoms with E-state index in [-0.39, 0.29) is 11.7 Å². The van der Waals surface area contributed by atoms with Crippen molar-refractivity contribution in [1.29, 1.82) is 0 Å². The number of nitrogens with one attached hydrogen (secondary N) is 1. The molecule has 0 heterocycles. The highest BCUT2D eigenvalue weighted by Crippen LogP contribution is 2.21. The van der Waals surface area contributed by atoms with Crippen molar-refractivity contribution in [3.05, 3.63) is 28.5 Å². The number of carbonyl (C=O) groups excluding carboxylic acids is 1. The van der Waals surface area contributed by atoms with E-state index in [2.05, 4.69) is 21.2 Å². The summed E-state index contributed by atoms with van der Waals surface area (Å²) >= 11 is 3.06. The largest absolute Gasteiger partial charge is 0.324 e. The average molecular weight is 303 g/mol. The summed E-state index contributed by atoms with van der Waals surface area (Å²) in [7, 11) is 0. The van der Waals surface area contributed by atoms with Crippen LogP contribution >= 0.6 is 15.9 Å². The van der Waals surface area contributed by atoms with Crippen LogP contribution in [0.25, 0.3) is 0 Å². The Morgan fingerprint density at radius 3 is 2.76 bits per heavy atom. The molecular formula is C12H16BrFN2O. The summed E-state index contributed by atoms with van der Waals surface area (Å²) in [6.07, 6.45) is 1.43. The van der Waals surface area contributed by atoms with Crippen molar-refractivity contribution >= 4 is 27.5 Å². The first-order valence-corrected chi connectivity index (χ1v) is 6.21. The molecule has 0 radical (unpaired) electrons. The van der Waals surface area contributed by atoms with Gasteiger partial charge in [0.15, 0.2) is 0 Å². The van der Waals surface area contributed by atoms with Crippen LogP contribution in [0, 0.1) is 5.82 Å². The fourth-order valence-electron chi connectivity index (χ4n) is 1.48. The number of nitrogens with two attached hydrogens (primary N) is 1. The van der Waals surface area contributed by atoms with E-state index in [1.165, 1.54) is 18.2 Å². The third-order valence-corrected chi connectivity index (χ3v) is 3.07. The van der Waals surface area contributed by atoms with E-state index in [0.717, 1.165) is 6.42 Å². The van der Waals surface area contributed by atoms with E-state index >= 15 is 0 Å². The van der Waals surface area contributed by atoms with Crippen LogP contribution in [0.1, 0.15) is 26.7 Å². The van der Waals surface area contributed by atoms with Crippen LogP contribution in [-0.2, 0) is 4.79 Å². The van der Waals surface area contributed by atoms with Gasteiger partial charge in [-0.2, -0.15) is 0 Å². The lowest BCUT2D eigenvalue weighted by molar-refractivity contribution is -0.120. The second kappa shape index (κ2) is 5.60. The van der Waals surface area contributed by atoms with Gasteiger partial charge in [0.25, 0.3) is 0 Å². The second-order valence-electron chi connectivity index (χ2n) is 4.25. The number of amides is 1. The molecule has 0 saturated carbocycles. The molecule has 17 heavy (non-hydrogen) atoms. The minimum atomic E-state index is -0.907. The first-order chi connectivity index (χ1) is 7.86. The predicted molar refractivity (Wildman–Crippen MR) is 70.2 cm³/mol. The molecule has 1 rings (SSSR count). The zero-order valence-electron chi connectivity index (χ0n) is 9.89. The van der Waals surface area contributed by atoms with Crippen molar-refractivity contribution in [3.8, 4) is 0 Å². The molecule has 3 nitrogen and oxygen atoms in total. The molecule has 3 N–H and O–H groups in total. The SMILES string of the molecule is CCCC(C)(N)C(=O)Nc1ccc(F)c(Br)c1. The Labute approximate surface area is 109 Å². The number of carbonyl (C=O) groups is 1. The summed E-state index contributed by atoms with van der Waals surface area (Å²) in [5, 5.41) is 2.67.